The molecule has 2 heterocycles. The van der Waals surface area contributed by atoms with E-state index >= 15 is 0 Å². The lowest BCUT2D eigenvalue weighted by Gasteiger charge is -2.18. The van der Waals surface area contributed by atoms with E-state index in [9.17, 15) is 4.79 Å². The lowest BCUT2D eigenvalue weighted by Crippen LogP contribution is -2.28. The number of carbonyl (C=O) groups excluding carboxylic acids is 1. The van der Waals surface area contributed by atoms with Crippen molar-refractivity contribution in [1.82, 2.24) is 9.88 Å². The van der Waals surface area contributed by atoms with Gasteiger partial charge in [-0.2, -0.15) is 0 Å². The first-order valence-corrected chi connectivity index (χ1v) is 7.85. The molecule has 6 nitrogen and oxygen atoms in total. The lowest BCUT2D eigenvalue weighted by atomic mass is 9.97. The number of nitrogens with zero attached hydrogens (tertiary/aromatic N) is 2. The van der Waals surface area contributed by atoms with E-state index in [0.29, 0.717) is 24.5 Å². The third-order valence-electron chi connectivity index (χ3n) is 4.38. The second-order valence-electron chi connectivity index (χ2n) is 5.81. The van der Waals surface area contributed by atoms with E-state index in [-0.39, 0.29) is 11.8 Å². The van der Waals surface area contributed by atoms with Gasteiger partial charge in [-0.1, -0.05) is 0 Å². The van der Waals surface area contributed by atoms with Crippen molar-refractivity contribution in [1.29, 1.82) is 0 Å². The van der Waals surface area contributed by atoms with Crippen LogP contribution in [0.5, 0.6) is 11.5 Å². The van der Waals surface area contributed by atoms with E-state index < -0.39 is 0 Å². The van der Waals surface area contributed by atoms with E-state index in [1.807, 2.05) is 23.1 Å². The molecular formula is C18H21N3O3. The van der Waals surface area contributed by atoms with E-state index in [1.54, 1.807) is 32.5 Å². The van der Waals surface area contributed by atoms with Gasteiger partial charge in [0.1, 0.15) is 17.3 Å². The average Bonchev–Trinajstić information content (AvgIpc) is 3.10. The number of carbonyl (C=O) groups is 1. The standard InChI is InChI=1S/C18H21N3O3/c1-23-14-3-4-16(24-2)15(10-14)13-6-8-21(11-13)18(22)12-5-7-20-17(19)9-12/h3-5,7,9-10,13H,6,8,11H2,1-2H3,(H2,19,20). The highest BCUT2D eigenvalue weighted by Gasteiger charge is 2.30. The molecule has 6 heteroatoms. The van der Waals surface area contributed by atoms with Crippen LogP contribution in [-0.4, -0.2) is 43.1 Å². The van der Waals surface area contributed by atoms with Crippen molar-refractivity contribution < 1.29 is 14.3 Å². The number of nitrogens with two attached hydrogens (primary N) is 1. The Kier molecular flexibility index (Phi) is 4.55. The topological polar surface area (TPSA) is 77.7 Å². The fourth-order valence-electron chi connectivity index (χ4n) is 3.12. The summed E-state index contributed by atoms with van der Waals surface area (Å²) in [5.74, 6) is 2.17. The van der Waals surface area contributed by atoms with Crippen LogP contribution in [0.2, 0.25) is 0 Å². The van der Waals surface area contributed by atoms with Crippen LogP contribution in [0.4, 0.5) is 5.82 Å². The maximum Gasteiger partial charge on any atom is 0.254 e. The summed E-state index contributed by atoms with van der Waals surface area (Å²) in [6.45, 7) is 1.34. The quantitative estimate of drug-likeness (QED) is 0.932. The van der Waals surface area contributed by atoms with Gasteiger partial charge in [0.15, 0.2) is 0 Å². The summed E-state index contributed by atoms with van der Waals surface area (Å²) < 4.78 is 10.8. The van der Waals surface area contributed by atoms with Gasteiger partial charge in [0, 0.05) is 36.3 Å². The molecule has 1 amide bonds. The van der Waals surface area contributed by atoms with E-state index in [4.69, 9.17) is 15.2 Å². The highest BCUT2D eigenvalue weighted by atomic mass is 16.5. The lowest BCUT2D eigenvalue weighted by molar-refractivity contribution is 0.0790. The smallest absolute Gasteiger partial charge is 0.254 e. The van der Waals surface area contributed by atoms with Gasteiger partial charge in [0.05, 0.1) is 14.2 Å². The molecule has 1 unspecified atom stereocenters. The maximum atomic E-state index is 12.6. The Balaban J connectivity index is 1.79. The minimum Gasteiger partial charge on any atom is -0.497 e. The highest BCUT2D eigenvalue weighted by molar-refractivity contribution is 5.95. The van der Waals surface area contributed by atoms with Crippen LogP contribution in [0, 0.1) is 0 Å². The highest BCUT2D eigenvalue weighted by Crippen LogP contribution is 2.36. The second kappa shape index (κ2) is 6.78. The number of rotatable bonds is 4. The molecule has 3 rings (SSSR count). The summed E-state index contributed by atoms with van der Waals surface area (Å²) in [5, 5.41) is 0. The van der Waals surface area contributed by atoms with Gasteiger partial charge < -0.3 is 20.1 Å². The van der Waals surface area contributed by atoms with Crippen LogP contribution in [0.15, 0.2) is 36.5 Å². The number of hydrogen-bond donors (Lipinski definition) is 1. The van der Waals surface area contributed by atoms with Gasteiger partial charge in [-0.15, -0.1) is 0 Å². The number of pyridine rings is 1. The number of benzene rings is 1. The number of methoxy groups -OCH3 is 2. The number of nitrogen functional groups attached to an aromatic ring is 1. The Morgan fingerprint density at radius 1 is 1.25 bits per heavy atom. The first-order valence-electron chi connectivity index (χ1n) is 7.85. The number of anilines is 1. The zero-order chi connectivity index (χ0) is 17.1. The number of hydrogen-bond acceptors (Lipinski definition) is 5. The monoisotopic (exact) mass is 327 g/mol. The van der Waals surface area contributed by atoms with Gasteiger partial charge in [-0.25, -0.2) is 4.98 Å². The number of ether oxygens (including phenoxy) is 2. The van der Waals surface area contributed by atoms with E-state index in [2.05, 4.69) is 4.98 Å². The molecule has 1 fully saturated rings. The molecule has 0 radical (unpaired) electrons. The van der Waals surface area contributed by atoms with Gasteiger partial charge in [0.2, 0.25) is 0 Å². The Labute approximate surface area is 141 Å². The number of amides is 1. The van der Waals surface area contributed by atoms with Crippen LogP contribution >= 0.6 is 0 Å². The minimum atomic E-state index is -0.0199. The van der Waals surface area contributed by atoms with Crippen molar-refractivity contribution in [2.45, 2.75) is 12.3 Å². The number of likely N-dealkylation sites (tertiary alicyclic amines) is 1. The first kappa shape index (κ1) is 16.1. The summed E-state index contributed by atoms with van der Waals surface area (Å²) in [5.41, 5.74) is 7.31. The van der Waals surface area contributed by atoms with Crippen molar-refractivity contribution in [3.05, 3.63) is 47.7 Å². The molecule has 1 aromatic heterocycles. The predicted molar refractivity (Wildman–Crippen MR) is 91.5 cm³/mol. The van der Waals surface area contributed by atoms with Crippen molar-refractivity contribution in [3.8, 4) is 11.5 Å². The molecule has 0 aliphatic carbocycles. The minimum absolute atomic E-state index is 0.0199. The predicted octanol–water partition coefficient (Wildman–Crippen LogP) is 2.31. The average molecular weight is 327 g/mol. The molecule has 24 heavy (non-hydrogen) atoms. The molecule has 1 atom stereocenters. The molecule has 0 spiro atoms. The summed E-state index contributed by atoms with van der Waals surface area (Å²) in [6.07, 6.45) is 2.44. The fourth-order valence-corrected chi connectivity index (χ4v) is 3.12. The van der Waals surface area contributed by atoms with Gasteiger partial charge in [-0.3, -0.25) is 4.79 Å². The Hall–Kier alpha value is -2.76. The fraction of sp³-hybridized carbons (Fsp3) is 0.333. The molecule has 126 valence electrons. The molecule has 0 saturated carbocycles. The molecule has 1 aliphatic heterocycles. The molecular weight excluding hydrogens is 306 g/mol. The summed E-state index contributed by atoms with van der Waals surface area (Å²) in [4.78, 5) is 18.4. The third-order valence-corrected chi connectivity index (χ3v) is 4.38. The van der Waals surface area contributed by atoms with Crippen LogP contribution in [0.1, 0.15) is 28.3 Å². The van der Waals surface area contributed by atoms with Gasteiger partial charge >= 0.3 is 0 Å². The second-order valence-corrected chi connectivity index (χ2v) is 5.81. The van der Waals surface area contributed by atoms with Gasteiger partial charge in [0.25, 0.3) is 5.91 Å². The number of aromatic nitrogens is 1. The van der Waals surface area contributed by atoms with Crippen molar-refractivity contribution in [2.75, 3.05) is 33.0 Å². The van der Waals surface area contributed by atoms with Crippen LogP contribution in [0.25, 0.3) is 0 Å². The maximum absolute atomic E-state index is 12.6. The normalized spacial score (nSPS) is 16.9. The van der Waals surface area contributed by atoms with Crippen molar-refractivity contribution in [3.63, 3.8) is 0 Å². The third kappa shape index (κ3) is 3.13. The molecule has 1 saturated heterocycles. The van der Waals surface area contributed by atoms with E-state index in [1.165, 1.54) is 0 Å². The van der Waals surface area contributed by atoms with Crippen molar-refractivity contribution in [2.24, 2.45) is 0 Å². The van der Waals surface area contributed by atoms with Crippen molar-refractivity contribution >= 4 is 11.7 Å². The van der Waals surface area contributed by atoms with Crippen LogP contribution in [0.3, 0.4) is 0 Å². The molecule has 1 aliphatic rings. The Morgan fingerprint density at radius 2 is 2.08 bits per heavy atom. The molecule has 2 N–H and O–H groups in total. The summed E-state index contributed by atoms with van der Waals surface area (Å²) in [7, 11) is 3.30. The zero-order valence-electron chi connectivity index (χ0n) is 13.9. The Bertz CT molecular complexity index is 748. The molecule has 0 bridgehead atoms. The summed E-state index contributed by atoms with van der Waals surface area (Å²) >= 11 is 0. The Morgan fingerprint density at radius 3 is 2.79 bits per heavy atom. The van der Waals surface area contributed by atoms with Crippen LogP contribution in [-0.2, 0) is 0 Å². The SMILES string of the molecule is COc1ccc(OC)c(C2CCN(C(=O)c3ccnc(N)c3)C2)c1. The first-order chi connectivity index (χ1) is 11.6. The molecule has 2 aromatic rings. The van der Waals surface area contributed by atoms with Crippen LogP contribution < -0.4 is 15.2 Å². The largest absolute Gasteiger partial charge is 0.497 e. The van der Waals surface area contributed by atoms with E-state index in [0.717, 1.165) is 23.5 Å². The zero-order valence-corrected chi connectivity index (χ0v) is 13.9. The van der Waals surface area contributed by atoms with Gasteiger partial charge in [-0.05, 0) is 36.8 Å². The molecule has 1 aromatic carbocycles. The summed E-state index contributed by atoms with van der Waals surface area (Å²) in [6, 6.07) is 9.07.